The summed E-state index contributed by atoms with van der Waals surface area (Å²) in [5.74, 6) is 0.547. The van der Waals surface area contributed by atoms with Crippen LogP contribution in [0, 0.1) is 11.3 Å². The van der Waals surface area contributed by atoms with E-state index in [1.807, 2.05) is 0 Å². The minimum Gasteiger partial charge on any atom is -0.327 e. The van der Waals surface area contributed by atoms with Gasteiger partial charge in [-0.05, 0) is 24.2 Å². The third-order valence-corrected chi connectivity index (χ3v) is 3.71. The van der Waals surface area contributed by atoms with Crippen LogP contribution in [0.2, 0.25) is 0 Å². The first-order chi connectivity index (χ1) is 7.45. The second-order valence-corrected chi connectivity index (χ2v) is 5.61. The monoisotopic (exact) mass is 225 g/mol. The smallest absolute Gasteiger partial charge is 0.00725 e. The standard InChI is InChI=1S/C15H31N/c1-6-8-9-10-12-15(4,5)13(3)14(16)11-7-2/h10,12-14H,6-9,11,16H2,1-5H3/b12-10+. The van der Waals surface area contributed by atoms with E-state index >= 15 is 0 Å². The van der Waals surface area contributed by atoms with Crippen molar-refractivity contribution < 1.29 is 0 Å². The van der Waals surface area contributed by atoms with Crippen molar-refractivity contribution in [2.75, 3.05) is 0 Å². The number of nitrogens with two attached hydrogens (primary N) is 1. The van der Waals surface area contributed by atoms with Crippen LogP contribution in [0.5, 0.6) is 0 Å². The van der Waals surface area contributed by atoms with E-state index < -0.39 is 0 Å². The minimum atomic E-state index is 0.225. The Morgan fingerprint density at radius 1 is 1.19 bits per heavy atom. The summed E-state index contributed by atoms with van der Waals surface area (Å²) in [7, 11) is 0. The van der Waals surface area contributed by atoms with Gasteiger partial charge in [0, 0.05) is 6.04 Å². The molecule has 1 heteroatoms. The van der Waals surface area contributed by atoms with Crippen LogP contribution < -0.4 is 5.73 Å². The van der Waals surface area contributed by atoms with Gasteiger partial charge >= 0.3 is 0 Å². The van der Waals surface area contributed by atoms with Gasteiger partial charge in [0.25, 0.3) is 0 Å². The fraction of sp³-hybridized carbons (Fsp3) is 0.867. The molecular weight excluding hydrogens is 194 g/mol. The largest absolute Gasteiger partial charge is 0.327 e. The highest BCUT2D eigenvalue weighted by molar-refractivity contribution is 4.99. The van der Waals surface area contributed by atoms with E-state index in [9.17, 15) is 0 Å². The molecule has 2 N–H and O–H groups in total. The summed E-state index contributed by atoms with van der Waals surface area (Å²) in [6, 6.07) is 0.329. The maximum Gasteiger partial charge on any atom is 0.00725 e. The Morgan fingerprint density at radius 2 is 1.81 bits per heavy atom. The van der Waals surface area contributed by atoms with E-state index in [0.717, 1.165) is 6.42 Å². The SMILES string of the molecule is CCCC/C=C/C(C)(C)C(C)C(N)CCC. The molecule has 96 valence electrons. The van der Waals surface area contributed by atoms with Crippen molar-refractivity contribution in [1.82, 2.24) is 0 Å². The maximum atomic E-state index is 6.21. The molecule has 0 heterocycles. The van der Waals surface area contributed by atoms with Crippen LogP contribution in [-0.2, 0) is 0 Å². The van der Waals surface area contributed by atoms with Crippen molar-refractivity contribution in [3.05, 3.63) is 12.2 Å². The van der Waals surface area contributed by atoms with Crippen molar-refractivity contribution in [3.63, 3.8) is 0 Å². The van der Waals surface area contributed by atoms with Crippen LogP contribution in [0.25, 0.3) is 0 Å². The predicted molar refractivity (Wildman–Crippen MR) is 74.5 cm³/mol. The number of allylic oxidation sites excluding steroid dienone is 2. The fourth-order valence-electron chi connectivity index (χ4n) is 2.00. The molecule has 0 bridgehead atoms. The summed E-state index contributed by atoms with van der Waals surface area (Å²) in [6.07, 6.45) is 10.8. The lowest BCUT2D eigenvalue weighted by molar-refractivity contribution is 0.249. The molecule has 0 saturated carbocycles. The van der Waals surface area contributed by atoms with Crippen LogP contribution in [0.1, 0.15) is 66.7 Å². The first kappa shape index (κ1) is 15.7. The number of hydrogen-bond acceptors (Lipinski definition) is 1. The van der Waals surface area contributed by atoms with Crippen LogP contribution in [-0.4, -0.2) is 6.04 Å². The Hall–Kier alpha value is -0.300. The van der Waals surface area contributed by atoms with Crippen molar-refractivity contribution in [1.29, 1.82) is 0 Å². The van der Waals surface area contributed by atoms with Crippen molar-refractivity contribution in [3.8, 4) is 0 Å². The molecule has 1 nitrogen and oxygen atoms in total. The van der Waals surface area contributed by atoms with Crippen molar-refractivity contribution in [2.45, 2.75) is 72.8 Å². The van der Waals surface area contributed by atoms with Crippen molar-refractivity contribution >= 4 is 0 Å². The first-order valence-corrected chi connectivity index (χ1v) is 6.89. The Morgan fingerprint density at radius 3 is 2.31 bits per heavy atom. The van der Waals surface area contributed by atoms with Gasteiger partial charge in [-0.2, -0.15) is 0 Å². The molecule has 0 aromatic heterocycles. The molecule has 0 aromatic carbocycles. The Kier molecular flexibility index (Phi) is 7.74. The molecule has 0 aliphatic carbocycles. The van der Waals surface area contributed by atoms with E-state index in [-0.39, 0.29) is 5.41 Å². The van der Waals surface area contributed by atoms with Gasteiger partial charge in [-0.25, -0.2) is 0 Å². The van der Waals surface area contributed by atoms with Crippen LogP contribution >= 0.6 is 0 Å². The van der Waals surface area contributed by atoms with E-state index in [2.05, 4.69) is 46.8 Å². The van der Waals surface area contributed by atoms with Crippen LogP contribution in [0.15, 0.2) is 12.2 Å². The molecule has 0 rings (SSSR count). The Labute approximate surface area is 102 Å². The number of hydrogen-bond donors (Lipinski definition) is 1. The van der Waals surface area contributed by atoms with Gasteiger partial charge in [0.05, 0.1) is 0 Å². The summed E-state index contributed by atoms with van der Waals surface area (Å²) in [4.78, 5) is 0. The Bertz CT molecular complexity index is 194. The highest BCUT2D eigenvalue weighted by Crippen LogP contribution is 2.31. The third-order valence-electron chi connectivity index (χ3n) is 3.71. The summed E-state index contributed by atoms with van der Waals surface area (Å²) in [5.41, 5.74) is 6.43. The molecule has 0 amide bonds. The zero-order valence-corrected chi connectivity index (χ0v) is 11.9. The third kappa shape index (κ3) is 5.69. The van der Waals surface area contributed by atoms with E-state index in [1.54, 1.807) is 0 Å². The highest BCUT2D eigenvalue weighted by atomic mass is 14.7. The molecule has 2 atom stereocenters. The zero-order chi connectivity index (χ0) is 12.6. The molecule has 0 aliphatic rings. The van der Waals surface area contributed by atoms with E-state index in [1.165, 1.54) is 25.7 Å². The van der Waals surface area contributed by atoms with Gasteiger partial charge < -0.3 is 5.73 Å². The highest BCUT2D eigenvalue weighted by Gasteiger charge is 2.27. The van der Waals surface area contributed by atoms with Gasteiger partial charge in [-0.1, -0.05) is 66.0 Å². The Balaban J connectivity index is 4.23. The predicted octanol–water partition coefficient (Wildman–Crippen LogP) is 4.52. The van der Waals surface area contributed by atoms with Gasteiger partial charge in [0.15, 0.2) is 0 Å². The first-order valence-electron chi connectivity index (χ1n) is 6.89. The molecular formula is C15H31N. The minimum absolute atomic E-state index is 0.225. The van der Waals surface area contributed by atoms with Crippen molar-refractivity contribution in [2.24, 2.45) is 17.1 Å². The molecule has 0 aliphatic heterocycles. The van der Waals surface area contributed by atoms with E-state index in [0.29, 0.717) is 12.0 Å². The van der Waals surface area contributed by atoms with Gasteiger partial charge in [0.1, 0.15) is 0 Å². The van der Waals surface area contributed by atoms with Crippen LogP contribution in [0.4, 0.5) is 0 Å². The second kappa shape index (κ2) is 7.89. The average molecular weight is 225 g/mol. The lowest BCUT2D eigenvalue weighted by Gasteiger charge is -2.33. The molecule has 0 radical (unpaired) electrons. The molecule has 0 saturated heterocycles. The van der Waals surface area contributed by atoms with Gasteiger partial charge in [0.2, 0.25) is 0 Å². The molecule has 16 heavy (non-hydrogen) atoms. The number of unbranched alkanes of at least 4 members (excludes halogenated alkanes) is 2. The maximum absolute atomic E-state index is 6.21. The van der Waals surface area contributed by atoms with Gasteiger partial charge in [-0.3, -0.25) is 0 Å². The summed E-state index contributed by atoms with van der Waals surface area (Å²) >= 11 is 0. The normalized spacial score (nSPS) is 16.6. The summed E-state index contributed by atoms with van der Waals surface area (Å²) in [5, 5.41) is 0. The topological polar surface area (TPSA) is 26.0 Å². The van der Waals surface area contributed by atoms with E-state index in [4.69, 9.17) is 5.73 Å². The lowest BCUT2D eigenvalue weighted by atomic mass is 9.74. The van der Waals surface area contributed by atoms with Crippen LogP contribution in [0.3, 0.4) is 0 Å². The average Bonchev–Trinajstić information content (AvgIpc) is 2.23. The molecule has 0 aromatic rings. The molecule has 0 spiro atoms. The fourth-order valence-corrected chi connectivity index (χ4v) is 2.00. The van der Waals surface area contributed by atoms with Gasteiger partial charge in [-0.15, -0.1) is 0 Å². The summed E-state index contributed by atoms with van der Waals surface area (Å²) in [6.45, 7) is 11.3. The quantitative estimate of drug-likeness (QED) is 0.477. The zero-order valence-electron chi connectivity index (χ0n) is 11.9. The lowest BCUT2D eigenvalue weighted by Crippen LogP contribution is -2.36. The number of rotatable bonds is 8. The molecule has 2 unspecified atom stereocenters. The second-order valence-electron chi connectivity index (χ2n) is 5.61. The molecule has 0 fully saturated rings. The summed E-state index contributed by atoms with van der Waals surface area (Å²) < 4.78 is 0.